The second-order valence-electron chi connectivity index (χ2n) is 8.81. The Hall–Kier alpha value is -3.42. The zero-order valence-corrected chi connectivity index (χ0v) is 18.2. The number of fused-ring (bicyclic) bond motifs is 1. The lowest BCUT2D eigenvalue weighted by Crippen LogP contribution is -2.35. The molecule has 0 unspecified atom stereocenters. The monoisotopic (exact) mass is 451 g/mol. The van der Waals surface area contributed by atoms with Gasteiger partial charge in [0.1, 0.15) is 18.0 Å². The number of carboxylic acid groups (broad SMARTS) is 1. The van der Waals surface area contributed by atoms with Crippen LogP contribution in [-0.2, 0) is 0 Å². The van der Waals surface area contributed by atoms with Gasteiger partial charge in [0.2, 0.25) is 11.3 Å². The molecule has 1 aliphatic heterocycles. The molecule has 172 valence electrons. The minimum atomic E-state index is -1.29. The average Bonchev–Trinajstić information content (AvgIpc) is 3.51. The molecule has 0 spiro atoms. The SMILES string of the molecule is O=C(O)c1cn(C2CCCC2)c2cc(N3CCC[C@@H]3COc3ccccn3)c(F)cc2c1=O. The molecule has 1 saturated carbocycles. The van der Waals surface area contributed by atoms with Gasteiger partial charge in [0.15, 0.2) is 0 Å². The van der Waals surface area contributed by atoms with Crippen molar-refractivity contribution in [3.63, 3.8) is 0 Å². The second kappa shape index (κ2) is 8.84. The molecule has 0 radical (unpaired) electrons. The van der Waals surface area contributed by atoms with Gasteiger partial charge in [-0.3, -0.25) is 4.79 Å². The Morgan fingerprint density at radius 1 is 1.18 bits per heavy atom. The van der Waals surface area contributed by atoms with Crippen LogP contribution in [0, 0.1) is 5.82 Å². The Morgan fingerprint density at radius 2 is 2.00 bits per heavy atom. The first kappa shape index (κ1) is 21.4. The Kier molecular flexibility index (Phi) is 5.74. The zero-order chi connectivity index (χ0) is 22.9. The van der Waals surface area contributed by atoms with Crippen LogP contribution in [0.15, 0.2) is 47.5 Å². The van der Waals surface area contributed by atoms with E-state index in [0.29, 0.717) is 30.2 Å². The molecule has 3 aromatic rings. The number of aromatic carboxylic acids is 1. The standard InChI is InChI=1S/C25H26FN3O4/c26-20-12-18-21(29(16-6-1-2-7-16)14-19(24(18)30)25(31)32)13-22(20)28-11-5-8-17(28)15-33-23-9-3-4-10-27-23/h3-4,9-10,12-14,16-17H,1-2,5-8,11,15H2,(H,31,32)/t17-/m1/s1. The maximum Gasteiger partial charge on any atom is 0.341 e. The summed E-state index contributed by atoms with van der Waals surface area (Å²) in [5.41, 5.74) is 0.0476. The molecule has 1 atom stereocenters. The maximum absolute atomic E-state index is 15.3. The van der Waals surface area contributed by atoms with Gasteiger partial charge >= 0.3 is 5.97 Å². The van der Waals surface area contributed by atoms with Gasteiger partial charge in [-0.1, -0.05) is 18.9 Å². The highest BCUT2D eigenvalue weighted by molar-refractivity contribution is 5.93. The molecule has 5 rings (SSSR count). The number of hydrogen-bond acceptors (Lipinski definition) is 5. The number of ether oxygens (including phenoxy) is 1. The van der Waals surface area contributed by atoms with Crippen molar-refractivity contribution in [2.75, 3.05) is 18.1 Å². The fraction of sp³-hybridized carbons (Fsp3) is 0.400. The normalized spacial score (nSPS) is 18.8. The molecule has 7 nitrogen and oxygen atoms in total. The van der Waals surface area contributed by atoms with Gasteiger partial charge in [0.25, 0.3) is 0 Å². The van der Waals surface area contributed by atoms with E-state index in [-0.39, 0.29) is 23.0 Å². The Labute approximate surface area is 190 Å². The third-order valence-electron chi connectivity index (χ3n) is 6.80. The number of benzene rings is 1. The van der Waals surface area contributed by atoms with Crippen LogP contribution in [0.1, 0.15) is 54.9 Å². The van der Waals surface area contributed by atoms with E-state index in [1.807, 2.05) is 21.6 Å². The molecule has 8 heteroatoms. The van der Waals surface area contributed by atoms with Crippen LogP contribution >= 0.6 is 0 Å². The maximum atomic E-state index is 15.3. The predicted octanol–water partition coefficient (Wildman–Crippen LogP) is 4.40. The van der Waals surface area contributed by atoms with Crippen molar-refractivity contribution in [3.8, 4) is 5.88 Å². The van der Waals surface area contributed by atoms with E-state index in [4.69, 9.17) is 4.74 Å². The lowest BCUT2D eigenvalue weighted by Gasteiger charge is -2.28. The summed E-state index contributed by atoms with van der Waals surface area (Å²) in [6.07, 6.45) is 8.79. The van der Waals surface area contributed by atoms with Crippen LogP contribution in [0.2, 0.25) is 0 Å². The van der Waals surface area contributed by atoms with E-state index in [9.17, 15) is 14.7 Å². The van der Waals surface area contributed by atoms with Gasteiger partial charge in [0, 0.05) is 36.4 Å². The Morgan fingerprint density at radius 3 is 2.73 bits per heavy atom. The van der Waals surface area contributed by atoms with Crippen molar-refractivity contribution in [2.45, 2.75) is 50.6 Å². The number of hydrogen-bond donors (Lipinski definition) is 1. The van der Waals surface area contributed by atoms with Crippen molar-refractivity contribution in [2.24, 2.45) is 0 Å². The molecular formula is C25H26FN3O4. The second-order valence-corrected chi connectivity index (χ2v) is 8.81. The number of rotatable bonds is 6. The summed E-state index contributed by atoms with van der Waals surface area (Å²) in [5, 5.41) is 9.66. The van der Waals surface area contributed by atoms with Crippen LogP contribution in [-0.4, -0.2) is 39.8 Å². The molecule has 1 N–H and O–H groups in total. The number of pyridine rings is 2. The smallest absolute Gasteiger partial charge is 0.341 e. The number of carbonyl (C=O) groups is 1. The minimum absolute atomic E-state index is 0.0242. The fourth-order valence-corrected chi connectivity index (χ4v) is 5.16. The molecule has 2 fully saturated rings. The van der Waals surface area contributed by atoms with Crippen LogP contribution in [0.5, 0.6) is 5.88 Å². The van der Waals surface area contributed by atoms with Crippen LogP contribution in [0.4, 0.5) is 10.1 Å². The lowest BCUT2D eigenvalue weighted by molar-refractivity contribution is 0.0694. The van der Waals surface area contributed by atoms with Gasteiger partial charge in [-0.15, -0.1) is 0 Å². The van der Waals surface area contributed by atoms with E-state index < -0.39 is 17.2 Å². The van der Waals surface area contributed by atoms with Gasteiger partial charge in [-0.05, 0) is 43.9 Å². The van der Waals surface area contributed by atoms with E-state index in [1.165, 1.54) is 12.3 Å². The summed E-state index contributed by atoms with van der Waals surface area (Å²) in [4.78, 5) is 30.7. The zero-order valence-electron chi connectivity index (χ0n) is 18.2. The summed E-state index contributed by atoms with van der Waals surface area (Å²) >= 11 is 0. The number of anilines is 1. The largest absolute Gasteiger partial charge is 0.477 e. The first-order chi connectivity index (χ1) is 16.0. The van der Waals surface area contributed by atoms with Gasteiger partial charge < -0.3 is 19.3 Å². The van der Waals surface area contributed by atoms with Crippen LogP contribution in [0.3, 0.4) is 0 Å². The first-order valence-electron chi connectivity index (χ1n) is 11.4. The van der Waals surface area contributed by atoms with Crippen molar-refractivity contribution >= 4 is 22.6 Å². The lowest BCUT2D eigenvalue weighted by atomic mass is 10.1. The summed E-state index contributed by atoms with van der Waals surface area (Å²) in [7, 11) is 0. The summed E-state index contributed by atoms with van der Waals surface area (Å²) in [5.74, 6) is -1.28. The Bertz CT molecular complexity index is 1240. The topological polar surface area (TPSA) is 84.7 Å². The van der Waals surface area contributed by atoms with Gasteiger partial charge in [0.05, 0.1) is 17.2 Å². The summed E-state index contributed by atoms with van der Waals surface area (Å²) in [6, 6.07) is 8.46. The van der Waals surface area contributed by atoms with Crippen molar-refractivity contribution in [1.29, 1.82) is 0 Å². The molecule has 0 amide bonds. The molecule has 1 aromatic carbocycles. The Balaban J connectivity index is 1.55. The van der Waals surface area contributed by atoms with Crippen molar-refractivity contribution < 1.29 is 19.0 Å². The molecule has 1 aliphatic carbocycles. The van der Waals surface area contributed by atoms with E-state index in [2.05, 4.69) is 4.98 Å². The molecule has 3 heterocycles. The van der Waals surface area contributed by atoms with Crippen molar-refractivity contribution in [3.05, 3.63) is 64.3 Å². The molecule has 0 bridgehead atoms. The third kappa shape index (κ3) is 4.05. The number of aromatic nitrogens is 2. The highest BCUT2D eigenvalue weighted by Crippen LogP contribution is 2.35. The van der Waals surface area contributed by atoms with E-state index in [1.54, 1.807) is 18.3 Å². The minimum Gasteiger partial charge on any atom is -0.477 e. The number of nitrogens with zero attached hydrogens (tertiary/aromatic N) is 3. The fourth-order valence-electron chi connectivity index (χ4n) is 5.16. The highest BCUT2D eigenvalue weighted by Gasteiger charge is 2.29. The molecule has 2 aliphatic rings. The molecule has 2 aromatic heterocycles. The average molecular weight is 451 g/mol. The molecular weight excluding hydrogens is 425 g/mol. The molecule has 33 heavy (non-hydrogen) atoms. The summed E-state index contributed by atoms with van der Waals surface area (Å²) < 4.78 is 23.1. The number of halogens is 1. The summed E-state index contributed by atoms with van der Waals surface area (Å²) in [6.45, 7) is 1.06. The van der Waals surface area contributed by atoms with Gasteiger partial charge in [-0.25, -0.2) is 14.2 Å². The quantitative estimate of drug-likeness (QED) is 0.598. The third-order valence-corrected chi connectivity index (χ3v) is 6.80. The first-order valence-corrected chi connectivity index (χ1v) is 11.4. The van der Waals surface area contributed by atoms with Gasteiger partial charge in [-0.2, -0.15) is 0 Å². The van der Waals surface area contributed by atoms with E-state index in [0.717, 1.165) is 38.5 Å². The molecule has 1 saturated heterocycles. The number of carboxylic acids is 1. The van der Waals surface area contributed by atoms with Crippen LogP contribution in [0.25, 0.3) is 10.9 Å². The predicted molar refractivity (Wildman–Crippen MR) is 123 cm³/mol. The van der Waals surface area contributed by atoms with E-state index >= 15 is 4.39 Å². The highest BCUT2D eigenvalue weighted by atomic mass is 19.1. The van der Waals surface area contributed by atoms with Crippen LogP contribution < -0.4 is 15.1 Å². The van der Waals surface area contributed by atoms with Crippen molar-refractivity contribution in [1.82, 2.24) is 9.55 Å².